The second-order valence-corrected chi connectivity index (χ2v) is 3.97. The van der Waals surface area contributed by atoms with Gasteiger partial charge in [0.2, 0.25) is 0 Å². The molecule has 0 amide bonds. The minimum Gasteiger partial charge on any atom is -0.299 e. The highest BCUT2D eigenvalue weighted by molar-refractivity contribution is 5.84. The van der Waals surface area contributed by atoms with Gasteiger partial charge in [-0.1, -0.05) is 12.5 Å². The Hall–Kier alpha value is -1.25. The maximum atomic E-state index is 13.2. The summed E-state index contributed by atoms with van der Waals surface area (Å²) in [6.45, 7) is 0. The zero-order chi connectivity index (χ0) is 10.8. The zero-order valence-electron chi connectivity index (χ0n) is 8.30. The van der Waals surface area contributed by atoms with E-state index in [1.54, 1.807) is 0 Å². The number of hydrogen-bond donors (Lipinski definition) is 0. The van der Waals surface area contributed by atoms with Gasteiger partial charge in [0.05, 0.1) is 0 Å². The van der Waals surface area contributed by atoms with Crippen LogP contribution in [0.5, 0.6) is 0 Å². The van der Waals surface area contributed by atoms with E-state index in [1.807, 2.05) is 0 Å². The molecule has 0 bridgehead atoms. The number of ketones is 1. The second kappa shape index (κ2) is 4.09. The van der Waals surface area contributed by atoms with Crippen molar-refractivity contribution in [1.29, 1.82) is 0 Å². The minimum absolute atomic E-state index is 0.0315. The summed E-state index contributed by atoms with van der Waals surface area (Å²) in [5.74, 6) is -1.25. The fourth-order valence-corrected chi connectivity index (χ4v) is 1.75. The Bertz CT molecular complexity index is 363. The Balaban J connectivity index is 2.12. The molecule has 0 spiro atoms. The predicted molar refractivity (Wildman–Crippen MR) is 52.4 cm³/mol. The van der Waals surface area contributed by atoms with Crippen LogP contribution in [0, 0.1) is 17.6 Å². The number of carbonyl (C=O) groups is 1. The lowest BCUT2D eigenvalue weighted by Gasteiger charge is -2.23. The van der Waals surface area contributed by atoms with Gasteiger partial charge in [-0.2, -0.15) is 0 Å². The van der Waals surface area contributed by atoms with Crippen molar-refractivity contribution in [2.45, 2.75) is 25.7 Å². The van der Waals surface area contributed by atoms with Gasteiger partial charge in [-0.15, -0.1) is 0 Å². The van der Waals surface area contributed by atoms with Gasteiger partial charge in [0, 0.05) is 17.9 Å². The molecule has 80 valence electrons. The van der Waals surface area contributed by atoms with Gasteiger partial charge < -0.3 is 0 Å². The van der Waals surface area contributed by atoms with E-state index in [1.165, 1.54) is 18.2 Å². The van der Waals surface area contributed by atoms with Crippen LogP contribution in [-0.2, 0) is 11.2 Å². The highest BCUT2D eigenvalue weighted by Gasteiger charge is 2.26. The highest BCUT2D eigenvalue weighted by atomic mass is 19.1. The number of benzene rings is 1. The standard InChI is InChI=1S/C12H12F2O/c13-10-5-2-6-11(14)9(10)7-12(15)8-3-1-4-8/h2,5-6,8H,1,3-4,7H2. The first-order valence-electron chi connectivity index (χ1n) is 5.14. The third kappa shape index (κ3) is 2.06. The van der Waals surface area contributed by atoms with Crippen LogP contribution in [0.25, 0.3) is 0 Å². The van der Waals surface area contributed by atoms with Crippen LogP contribution < -0.4 is 0 Å². The normalized spacial score (nSPS) is 16.1. The van der Waals surface area contributed by atoms with Crippen molar-refractivity contribution in [1.82, 2.24) is 0 Å². The monoisotopic (exact) mass is 210 g/mol. The van der Waals surface area contributed by atoms with Gasteiger partial charge in [-0.3, -0.25) is 4.79 Å². The van der Waals surface area contributed by atoms with E-state index in [0.29, 0.717) is 0 Å². The SMILES string of the molecule is O=C(Cc1c(F)cccc1F)C1CCC1. The molecule has 0 aliphatic heterocycles. The van der Waals surface area contributed by atoms with Gasteiger partial charge in [-0.05, 0) is 25.0 Å². The topological polar surface area (TPSA) is 17.1 Å². The first-order valence-corrected chi connectivity index (χ1v) is 5.14. The number of halogens is 2. The maximum absolute atomic E-state index is 13.2. The largest absolute Gasteiger partial charge is 0.299 e. The molecular formula is C12H12F2O. The molecule has 0 atom stereocenters. The third-order valence-corrected chi connectivity index (χ3v) is 2.97. The van der Waals surface area contributed by atoms with Crippen molar-refractivity contribution in [3.8, 4) is 0 Å². The molecule has 2 rings (SSSR count). The first kappa shape index (κ1) is 10.3. The quantitative estimate of drug-likeness (QED) is 0.749. The van der Waals surface area contributed by atoms with E-state index in [2.05, 4.69) is 0 Å². The average molecular weight is 210 g/mol. The van der Waals surface area contributed by atoms with Crippen LogP contribution in [-0.4, -0.2) is 5.78 Å². The van der Waals surface area contributed by atoms with Crippen molar-refractivity contribution in [3.05, 3.63) is 35.4 Å². The van der Waals surface area contributed by atoms with Crippen molar-refractivity contribution in [2.75, 3.05) is 0 Å². The molecule has 3 heteroatoms. The minimum atomic E-state index is -0.623. The first-order chi connectivity index (χ1) is 7.18. The summed E-state index contributed by atoms with van der Waals surface area (Å²) in [6, 6.07) is 3.68. The fourth-order valence-electron chi connectivity index (χ4n) is 1.75. The predicted octanol–water partition coefficient (Wildman–Crippen LogP) is 2.88. The summed E-state index contributed by atoms with van der Waals surface area (Å²) in [5, 5.41) is 0. The Morgan fingerprint density at radius 1 is 1.27 bits per heavy atom. The zero-order valence-corrected chi connectivity index (χ0v) is 8.30. The van der Waals surface area contributed by atoms with Crippen LogP contribution in [0.15, 0.2) is 18.2 Å². The lowest BCUT2D eigenvalue weighted by molar-refractivity contribution is -0.124. The van der Waals surface area contributed by atoms with Gasteiger partial charge in [0.15, 0.2) is 0 Å². The van der Waals surface area contributed by atoms with Gasteiger partial charge in [-0.25, -0.2) is 8.78 Å². The number of rotatable bonds is 3. The molecule has 0 unspecified atom stereocenters. The van der Waals surface area contributed by atoms with E-state index in [4.69, 9.17) is 0 Å². The summed E-state index contributed by atoms with van der Waals surface area (Å²) in [6.07, 6.45) is 2.68. The Morgan fingerprint density at radius 2 is 1.87 bits per heavy atom. The Kier molecular flexibility index (Phi) is 2.80. The fraction of sp³-hybridized carbons (Fsp3) is 0.417. The van der Waals surface area contributed by atoms with Crippen molar-refractivity contribution < 1.29 is 13.6 Å². The van der Waals surface area contributed by atoms with Gasteiger partial charge in [0.25, 0.3) is 0 Å². The van der Waals surface area contributed by atoms with Crippen LogP contribution >= 0.6 is 0 Å². The summed E-state index contributed by atoms with van der Waals surface area (Å²) >= 11 is 0. The van der Waals surface area contributed by atoms with E-state index in [9.17, 15) is 13.6 Å². The highest BCUT2D eigenvalue weighted by Crippen LogP contribution is 2.28. The molecule has 1 aliphatic rings. The Labute approximate surface area is 87.1 Å². The van der Waals surface area contributed by atoms with Crippen LogP contribution in [0.4, 0.5) is 8.78 Å². The van der Waals surface area contributed by atoms with Crippen molar-refractivity contribution in [2.24, 2.45) is 5.92 Å². The Morgan fingerprint density at radius 3 is 2.33 bits per heavy atom. The van der Waals surface area contributed by atoms with Gasteiger partial charge in [0.1, 0.15) is 17.4 Å². The van der Waals surface area contributed by atoms with E-state index >= 15 is 0 Å². The number of carbonyl (C=O) groups excluding carboxylic acids is 1. The summed E-state index contributed by atoms with van der Waals surface area (Å²) in [4.78, 5) is 11.6. The molecule has 1 aromatic rings. The molecule has 0 aromatic heterocycles. The molecule has 15 heavy (non-hydrogen) atoms. The van der Waals surface area contributed by atoms with Crippen molar-refractivity contribution in [3.63, 3.8) is 0 Å². The molecule has 1 aromatic carbocycles. The lowest BCUT2D eigenvalue weighted by atomic mass is 9.80. The van der Waals surface area contributed by atoms with E-state index in [-0.39, 0.29) is 23.7 Å². The van der Waals surface area contributed by atoms with E-state index in [0.717, 1.165) is 19.3 Å². The molecule has 0 radical (unpaired) electrons. The third-order valence-electron chi connectivity index (χ3n) is 2.97. The lowest BCUT2D eigenvalue weighted by Crippen LogP contribution is -2.24. The second-order valence-electron chi connectivity index (χ2n) is 3.97. The summed E-state index contributed by atoms with van der Waals surface area (Å²) in [7, 11) is 0. The number of Topliss-reactive ketones (excluding diaryl/α,β-unsaturated/α-hetero) is 1. The van der Waals surface area contributed by atoms with Crippen LogP contribution in [0.1, 0.15) is 24.8 Å². The molecule has 0 saturated heterocycles. The molecule has 1 fully saturated rings. The summed E-state index contributed by atoms with van der Waals surface area (Å²) in [5.41, 5.74) is -0.0885. The van der Waals surface area contributed by atoms with Gasteiger partial charge >= 0.3 is 0 Å². The smallest absolute Gasteiger partial charge is 0.140 e. The van der Waals surface area contributed by atoms with Crippen molar-refractivity contribution >= 4 is 5.78 Å². The molecule has 1 aliphatic carbocycles. The average Bonchev–Trinajstić information content (AvgIpc) is 2.08. The molecule has 0 heterocycles. The maximum Gasteiger partial charge on any atom is 0.140 e. The van der Waals surface area contributed by atoms with Crippen LogP contribution in [0.3, 0.4) is 0 Å². The van der Waals surface area contributed by atoms with E-state index < -0.39 is 11.6 Å². The number of hydrogen-bond acceptors (Lipinski definition) is 1. The molecule has 0 N–H and O–H groups in total. The summed E-state index contributed by atoms with van der Waals surface area (Å²) < 4.78 is 26.4. The van der Waals surface area contributed by atoms with Crippen LogP contribution in [0.2, 0.25) is 0 Å². The molecular weight excluding hydrogens is 198 g/mol. The molecule has 1 nitrogen and oxygen atoms in total. The molecule has 1 saturated carbocycles.